The van der Waals surface area contributed by atoms with Gasteiger partial charge in [0, 0.05) is 25.7 Å². The summed E-state index contributed by atoms with van der Waals surface area (Å²) in [4.78, 5) is 38.6. The third-order valence-electron chi connectivity index (χ3n) is 4.24. The molecule has 0 spiro atoms. The van der Waals surface area contributed by atoms with Crippen molar-refractivity contribution in [1.29, 1.82) is 0 Å². The first-order valence-electron chi connectivity index (χ1n) is 8.55. The molecule has 7 heteroatoms. The second-order valence-electron chi connectivity index (χ2n) is 6.29. The highest BCUT2D eigenvalue weighted by Crippen LogP contribution is 2.26. The molecule has 1 aromatic heterocycles. The number of amides is 3. The molecule has 1 aliphatic heterocycles. The molecule has 6 nitrogen and oxygen atoms in total. The lowest BCUT2D eigenvalue weighted by atomic mass is 9.97. The van der Waals surface area contributed by atoms with Crippen LogP contribution in [0.15, 0.2) is 42.5 Å². The van der Waals surface area contributed by atoms with Crippen LogP contribution in [0.4, 0.5) is 10.7 Å². The lowest BCUT2D eigenvalue weighted by Crippen LogP contribution is -2.43. The number of benzene rings is 1. The van der Waals surface area contributed by atoms with E-state index < -0.39 is 0 Å². The minimum absolute atomic E-state index is 0.0567. The van der Waals surface area contributed by atoms with Gasteiger partial charge in [-0.15, -0.1) is 11.3 Å². The monoisotopic (exact) mass is 371 g/mol. The van der Waals surface area contributed by atoms with Crippen LogP contribution >= 0.6 is 11.3 Å². The van der Waals surface area contributed by atoms with Crippen molar-refractivity contribution in [3.05, 3.63) is 47.3 Å². The molecule has 2 heterocycles. The molecule has 2 aromatic rings. The maximum absolute atomic E-state index is 12.7. The number of rotatable bonds is 4. The van der Waals surface area contributed by atoms with E-state index in [1.54, 1.807) is 17.0 Å². The zero-order valence-electron chi connectivity index (χ0n) is 14.5. The van der Waals surface area contributed by atoms with E-state index in [4.69, 9.17) is 0 Å². The van der Waals surface area contributed by atoms with Crippen molar-refractivity contribution < 1.29 is 14.4 Å². The molecule has 3 amide bonds. The minimum atomic E-state index is -0.220. The number of hydrogen-bond donors (Lipinski definition) is 2. The van der Waals surface area contributed by atoms with Crippen molar-refractivity contribution in [3.8, 4) is 0 Å². The summed E-state index contributed by atoms with van der Waals surface area (Å²) in [5.41, 5.74) is 0.763. The number of para-hydroxylation sites is 1. The molecule has 136 valence electrons. The fraction of sp³-hybridized carbons (Fsp3) is 0.316. The average molecular weight is 371 g/mol. The highest BCUT2D eigenvalue weighted by atomic mass is 32.1. The van der Waals surface area contributed by atoms with Crippen LogP contribution in [0.2, 0.25) is 0 Å². The molecular weight excluding hydrogens is 350 g/mol. The van der Waals surface area contributed by atoms with E-state index in [2.05, 4.69) is 10.6 Å². The summed E-state index contributed by atoms with van der Waals surface area (Å²) in [5.74, 6) is -0.535. The van der Waals surface area contributed by atoms with Crippen LogP contribution < -0.4 is 10.6 Å². The number of nitrogens with one attached hydrogen (secondary N) is 2. The lowest BCUT2D eigenvalue weighted by molar-refractivity contribution is -0.121. The summed E-state index contributed by atoms with van der Waals surface area (Å²) in [5, 5.41) is 6.25. The minimum Gasteiger partial charge on any atom is -0.337 e. The van der Waals surface area contributed by atoms with Crippen LogP contribution in [0.5, 0.6) is 0 Å². The molecule has 1 fully saturated rings. The highest BCUT2D eigenvalue weighted by molar-refractivity contribution is 7.18. The van der Waals surface area contributed by atoms with E-state index in [0.29, 0.717) is 23.0 Å². The van der Waals surface area contributed by atoms with Crippen molar-refractivity contribution in [2.75, 3.05) is 23.7 Å². The summed E-state index contributed by atoms with van der Waals surface area (Å²) < 4.78 is 0. The first-order chi connectivity index (χ1) is 12.5. The van der Waals surface area contributed by atoms with E-state index in [9.17, 15) is 14.4 Å². The van der Waals surface area contributed by atoms with Crippen LogP contribution in [-0.4, -0.2) is 35.7 Å². The van der Waals surface area contributed by atoms with Gasteiger partial charge in [-0.2, -0.15) is 0 Å². The zero-order valence-corrected chi connectivity index (χ0v) is 15.3. The van der Waals surface area contributed by atoms with Gasteiger partial charge in [0.05, 0.1) is 15.8 Å². The van der Waals surface area contributed by atoms with Crippen molar-refractivity contribution in [2.24, 2.45) is 5.92 Å². The normalized spacial score (nSPS) is 16.8. The van der Waals surface area contributed by atoms with Gasteiger partial charge in [-0.25, -0.2) is 0 Å². The molecule has 1 aromatic carbocycles. The Bertz CT molecular complexity index is 803. The Hall–Kier alpha value is -2.67. The zero-order chi connectivity index (χ0) is 18.5. The number of carbonyl (C=O) groups excluding carboxylic acids is 3. The first-order valence-corrected chi connectivity index (χ1v) is 9.37. The van der Waals surface area contributed by atoms with Gasteiger partial charge in [0.1, 0.15) is 0 Å². The molecular formula is C19H21N3O3S. The van der Waals surface area contributed by atoms with Gasteiger partial charge in [-0.1, -0.05) is 18.2 Å². The van der Waals surface area contributed by atoms with Crippen LogP contribution in [0.25, 0.3) is 0 Å². The van der Waals surface area contributed by atoms with Gasteiger partial charge in [0.15, 0.2) is 0 Å². The maximum atomic E-state index is 12.7. The number of thiophene rings is 1. The number of likely N-dealkylation sites (tertiary alicyclic amines) is 1. The van der Waals surface area contributed by atoms with Gasteiger partial charge in [0.2, 0.25) is 11.8 Å². The lowest BCUT2D eigenvalue weighted by Gasteiger charge is -2.31. The molecule has 0 radical (unpaired) electrons. The third-order valence-corrected chi connectivity index (χ3v) is 5.23. The van der Waals surface area contributed by atoms with Crippen molar-refractivity contribution >= 4 is 39.7 Å². The summed E-state index contributed by atoms with van der Waals surface area (Å²) in [6.07, 6.45) is 1.56. The number of carbonyl (C=O) groups is 3. The topological polar surface area (TPSA) is 78.5 Å². The first kappa shape index (κ1) is 18.1. The smallest absolute Gasteiger partial charge is 0.264 e. The molecule has 26 heavy (non-hydrogen) atoms. The van der Waals surface area contributed by atoms with Gasteiger partial charge in [0.25, 0.3) is 5.91 Å². The molecule has 1 saturated heterocycles. The molecule has 0 saturated carbocycles. The Balaban J connectivity index is 1.62. The quantitative estimate of drug-likeness (QED) is 0.866. The Kier molecular flexibility index (Phi) is 5.68. The predicted octanol–water partition coefficient (Wildman–Crippen LogP) is 3.20. The molecule has 1 unspecified atom stereocenters. The van der Waals surface area contributed by atoms with Gasteiger partial charge >= 0.3 is 0 Å². The van der Waals surface area contributed by atoms with Crippen molar-refractivity contribution in [3.63, 3.8) is 0 Å². The summed E-state index contributed by atoms with van der Waals surface area (Å²) in [6, 6.07) is 12.8. The van der Waals surface area contributed by atoms with Crippen LogP contribution in [0, 0.1) is 5.92 Å². The number of anilines is 2. The highest BCUT2D eigenvalue weighted by Gasteiger charge is 2.29. The Labute approximate surface area is 156 Å². The largest absolute Gasteiger partial charge is 0.337 e. The van der Waals surface area contributed by atoms with Gasteiger partial charge in [-0.3, -0.25) is 14.4 Å². The second-order valence-corrected chi connectivity index (χ2v) is 7.37. The second kappa shape index (κ2) is 8.14. The molecule has 1 atom stereocenters. The van der Waals surface area contributed by atoms with Crippen LogP contribution in [0.1, 0.15) is 29.4 Å². The maximum Gasteiger partial charge on any atom is 0.264 e. The van der Waals surface area contributed by atoms with Crippen molar-refractivity contribution in [2.45, 2.75) is 19.8 Å². The van der Waals surface area contributed by atoms with E-state index in [1.807, 2.05) is 30.3 Å². The predicted molar refractivity (Wildman–Crippen MR) is 102 cm³/mol. The van der Waals surface area contributed by atoms with Crippen LogP contribution in [-0.2, 0) is 9.59 Å². The number of hydrogen-bond acceptors (Lipinski definition) is 4. The SMILES string of the molecule is CC(=O)Nc1ccc(C(=O)N2CCCC(C(=O)Nc3ccccc3)C2)s1. The molecule has 0 bridgehead atoms. The standard InChI is InChI=1S/C19H21N3O3S/c1-13(23)20-17-10-9-16(26-17)19(25)22-11-5-6-14(12-22)18(24)21-15-7-3-2-4-8-15/h2-4,7-10,14H,5-6,11-12H2,1H3,(H,20,23)(H,21,24). The van der Waals surface area contributed by atoms with Crippen LogP contribution in [0.3, 0.4) is 0 Å². The Morgan fingerprint density at radius 3 is 2.58 bits per heavy atom. The van der Waals surface area contributed by atoms with Crippen molar-refractivity contribution in [1.82, 2.24) is 4.90 Å². The fourth-order valence-corrected chi connectivity index (χ4v) is 3.91. The Morgan fingerprint density at radius 2 is 1.85 bits per heavy atom. The van der Waals surface area contributed by atoms with E-state index in [-0.39, 0.29) is 23.6 Å². The average Bonchev–Trinajstić information content (AvgIpc) is 3.09. The summed E-state index contributed by atoms with van der Waals surface area (Å²) in [6.45, 7) is 2.48. The molecule has 2 N–H and O–H groups in total. The van der Waals surface area contributed by atoms with E-state index in [1.165, 1.54) is 18.3 Å². The summed E-state index contributed by atoms with van der Waals surface area (Å²) >= 11 is 1.25. The third kappa shape index (κ3) is 4.49. The molecule has 3 rings (SSSR count). The summed E-state index contributed by atoms with van der Waals surface area (Å²) in [7, 11) is 0. The fourth-order valence-electron chi connectivity index (χ4n) is 2.99. The number of nitrogens with zero attached hydrogens (tertiary/aromatic N) is 1. The van der Waals surface area contributed by atoms with Gasteiger partial charge in [-0.05, 0) is 37.1 Å². The Morgan fingerprint density at radius 1 is 1.08 bits per heavy atom. The molecule has 1 aliphatic rings. The van der Waals surface area contributed by atoms with Gasteiger partial charge < -0.3 is 15.5 Å². The van der Waals surface area contributed by atoms with E-state index >= 15 is 0 Å². The number of piperidine rings is 1. The van der Waals surface area contributed by atoms with E-state index in [0.717, 1.165) is 18.5 Å². The molecule has 0 aliphatic carbocycles.